The van der Waals surface area contributed by atoms with Crippen molar-refractivity contribution in [2.45, 2.75) is 24.9 Å². The maximum atomic E-state index is 12.8. The van der Waals surface area contributed by atoms with Gasteiger partial charge in [0.15, 0.2) is 11.5 Å². The topological polar surface area (TPSA) is 56.0 Å². The number of rotatable bonds is 2. The Kier molecular flexibility index (Phi) is 4.10. The smallest absolute Gasteiger partial charge is 0.351 e. The summed E-state index contributed by atoms with van der Waals surface area (Å²) in [7, 11) is 3.21. The number of aromatic nitrogens is 4. The first-order valence-electron chi connectivity index (χ1n) is 7.64. The van der Waals surface area contributed by atoms with Crippen LogP contribution in [0.1, 0.15) is 30.3 Å². The number of hydrogen-bond donors (Lipinski definition) is 0. The van der Waals surface area contributed by atoms with Gasteiger partial charge in [-0.1, -0.05) is 0 Å². The predicted octanol–water partition coefficient (Wildman–Crippen LogP) is 1.92. The molecule has 2 aromatic rings. The zero-order valence-electron chi connectivity index (χ0n) is 13.4. The van der Waals surface area contributed by atoms with Crippen molar-refractivity contribution in [3.63, 3.8) is 0 Å². The minimum atomic E-state index is -4.46. The van der Waals surface area contributed by atoms with Crippen LogP contribution in [0.5, 0.6) is 0 Å². The van der Waals surface area contributed by atoms with E-state index in [1.165, 1.54) is 9.13 Å². The van der Waals surface area contributed by atoms with Gasteiger partial charge in [-0.25, -0.2) is 9.97 Å². The van der Waals surface area contributed by atoms with E-state index in [1.54, 1.807) is 26.5 Å². The largest absolute Gasteiger partial charge is 0.434 e. The van der Waals surface area contributed by atoms with E-state index in [2.05, 4.69) is 9.97 Å². The highest BCUT2D eigenvalue weighted by Gasteiger charge is 2.36. The number of hydrogen-bond acceptors (Lipinski definition) is 4. The molecule has 1 atom stereocenters. The van der Waals surface area contributed by atoms with Crippen LogP contribution < -0.4 is 10.5 Å². The molecule has 1 saturated heterocycles. The van der Waals surface area contributed by atoms with E-state index in [0.717, 1.165) is 19.0 Å². The van der Waals surface area contributed by atoms with E-state index in [1.807, 2.05) is 4.90 Å². The maximum Gasteiger partial charge on any atom is 0.434 e. The molecule has 3 rings (SSSR count). The molecular weight excluding hydrogens is 323 g/mol. The zero-order valence-corrected chi connectivity index (χ0v) is 13.4. The van der Waals surface area contributed by atoms with Gasteiger partial charge in [0.1, 0.15) is 5.82 Å². The quantitative estimate of drug-likeness (QED) is 0.837. The summed E-state index contributed by atoms with van der Waals surface area (Å²) in [4.78, 5) is 22.0. The molecule has 0 bridgehead atoms. The standard InChI is InChI=1S/C15H18F3N5O/c1-21-7-5-19-13(14(21)24)23-6-3-4-10(8-23)12-20-11(9-22(12)2)15(16,17)18/h5,7,9-10H,3-4,6,8H2,1-2H3. The molecule has 0 radical (unpaired) electrons. The summed E-state index contributed by atoms with van der Waals surface area (Å²) in [6.07, 6.45) is 1.16. The highest BCUT2D eigenvalue weighted by molar-refractivity contribution is 5.37. The van der Waals surface area contributed by atoms with Crippen molar-refractivity contribution in [3.8, 4) is 0 Å². The van der Waals surface area contributed by atoms with Crippen molar-refractivity contribution in [2.75, 3.05) is 18.0 Å². The second kappa shape index (κ2) is 5.95. The van der Waals surface area contributed by atoms with Crippen molar-refractivity contribution in [1.29, 1.82) is 0 Å². The molecule has 0 spiro atoms. The first kappa shape index (κ1) is 16.5. The third-order valence-electron chi connectivity index (χ3n) is 4.29. The highest BCUT2D eigenvalue weighted by atomic mass is 19.4. The summed E-state index contributed by atoms with van der Waals surface area (Å²) in [5.41, 5.74) is -1.10. The molecule has 24 heavy (non-hydrogen) atoms. The molecule has 9 heteroatoms. The highest BCUT2D eigenvalue weighted by Crippen LogP contribution is 2.32. The van der Waals surface area contributed by atoms with Gasteiger partial charge >= 0.3 is 6.18 Å². The third kappa shape index (κ3) is 3.02. The van der Waals surface area contributed by atoms with Gasteiger partial charge in [-0.05, 0) is 12.8 Å². The Hall–Kier alpha value is -2.32. The summed E-state index contributed by atoms with van der Waals surface area (Å²) in [5.74, 6) is 0.543. The average molecular weight is 341 g/mol. The van der Waals surface area contributed by atoms with Gasteiger partial charge in [-0.2, -0.15) is 13.2 Å². The minimum absolute atomic E-state index is 0.174. The molecule has 6 nitrogen and oxygen atoms in total. The van der Waals surface area contributed by atoms with Crippen LogP contribution in [0, 0.1) is 0 Å². The zero-order chi connectivity index (χ0) is 17.5. The SMILES string of the molecule is Cn1cc(C(F)(F)F)nc1C1CCCN(c2nccn(C)c2=O)C1. The Morgan fingerprint density at radius 3 is 2.67 bits per heavy atom. The lowest BCUT2D eigenvalue weighted by molar-refractivity contribution is -0.141. The molecule has 1 fully saturated rings. The van der Waals surface area contributed by atoms with Crippen molar-refractivity contribution in [3.05, 3.63) is 40.5 Å². The number of aryl methyl sites for hydroxylation is 2. The molecule has 2 aromatic heterocycles. The molecule has 0 N–H and O–H groups in total. The molecule has 0 aliphatic carbocycles. The molecule has 1 aliphatic heterocycles. The van der Waals surface area contributed by atoms with Crippen molar-refractivity contribution in [1.82, 2.24) is 19.1 Å². The summed E-state index contributed by atoms with van der Waals surface area (Å²) < 4.78 is 41.4. The number of halogens is 3. The normalized spacial score (nSPS) is 18.9. The molecule has 1 unspecified atom stereocenters. The van der Waals surface area contributed by atoms with Gasteiger partial charge in [0, 0.05) is 51.7 Å². The molecule has 0 aromatic carbocycles. The fourth-order valence-electron chi connectivity index (χ4n) is 3.08. The Bertz CT molecular complexity index is 795. The summed E-state index contributed by atoms with van der Waals surface area (Å²) in [5, 5.41) is 0. The number of alkyl halides is 3. The monoisotopic (exact) mass is 341 g/mol. The summed E-state index contributed by atoms with van der Waals surface area (Å²) >= 11 is 0. The molecule has 0 amide bonds. The second-order valence-electron chi connectivity index (χ2n) is 6.05. The second-order valence-corrected chi connectivity index (χ2v) is 6.05. The molecular formula is C15H18F3N5O. The molecule has 0 saturated carbocycles. The molecule has 130 valence electrons. The van der Waals surface area contributed by atoms with E-state index in [9.17, 15) is 18.0 Å². The first-order valence-corrected chi connectivity index (χ1v) is 7.64. The lowest BCUT2D eigenvalue weighted by Gasteiger charge is -2.32. The van der Waals surface area contributed by atoms with Crippen LogP contribution in [0.3, 0.4) is 0 Å². The predicted molar refractivity (Wildman–Crippen MR) is 81.9 cm³/mol. The molecule has 3 heterocycles. The van der Waals surface area contributed by atoms with Gasteiger partial charge in [0.25, 0.3) is 5.56 Å². The Labute approximate surface area is 136 Å². The lowest BCUT2D eigenvalue weighted by Crippen LogP contribution is -2.40. The van der Waals surface area contributed by atoms with Crippen LogP contribution in [0.4, 0.5) is 19.0 Å². The fourth-order valence-corrected chi connectivity index (χ4v) is 3.08. The first-order chi connectivity index (χ1) is 11.3. The molecule has 1 aliphatic rings. The van der Waals surface area contributed by atoms with Gasteiger partial charge < -0.3 is 14.0 Å². The van der Waals surface area contributed by atoms with Crippen LogP contribution in [0.15, 0.2) is 23.4 Å². The summed E-state index contributed by atoms with van der Waals surface area (Å²) in [6, 6.07) is 0. The third-order valence-corrected chi connectivity index (χ3v) is 4.29. The van der Waals surface area contributed by atoms with E-state index >= 15 is 0 Å². The Morgan fingerprint density at radius 1 is 1.25 bits per heavy atom. The van der Waals surface area contributed by atoms with E-state index in [4.69, 9.17) is 0 Å². The van der Waals surface area contributed by atoms with E-state index < -0.39 is 11.9 Å². The van der Waals surface area contributed by atoms with Gasteiger partial charge in [-0.15, -0.1) is 0 Å². The lowest BCUT2D eigenvalue weighted by atomic mass is 9.97. The number of imidazole rings is 1. The number of piperidine rings is 1. The average Bonchev–Trinajstić information content (AvgIpc) is 2.92. The van der Waals surface area contributed by atoms with Crippen LogP contribution >= 0.6 is 0 Å². The van der Waals surface area contributed by atoms with Gasteiger partial charge in [0.2, 0.25) is 0 Å². The summed E-state index contributed by atoms with van der Waals surface area (Å²) in [6.45, 7) is 1.08. The van der Waals surface area contributed by atoms with Crippen LogP contribution in [-0.4, -0.2) is 32.2 Å². The van der Waals surface area contributed by atoms with Crippen LogP contribution in [-0.2, 0) is 20.3 Å². The minimum Gasteiger partial charge on any atom is -0.351 e. The Balaban J connectivity index is 1.88. The Morgan fingerprint density at radius 2 is 2.00 bits per heavy atom. The maximum absolute atomic E-state index is 12.8. The van der Waals surface area contributed by atoms with Crippen molar-refractivity contribution < 1.29 is 13.2 Å². The van der Waals surface area contributed by atoms with Crippen LogP contribution in [0.2, 0.25) is 0 Å². The van der Waals surface area contributed by atoms with E-state index in [-0.39, 0.29) is 11.5 Å². The number of nitrogens with zero attached hydrogens (tertiary/aromatic N) is 5. The van der Waals surface area contributed by atoms with E-state index in [0.29, 0.717) is 24.7 Å². The van der Waals surface area contributed by atoms with Crippen molar-refractivity contribution in [2.24, 2.45) is 14.1 Å². The fraction of sp³-hybridized carbons (Fsp3) is 0.533. The van der Waals surface area contributed by atoms with Gasteiger partial charge in [0.05, 0.1) is 0 Å². The van der Waals surface area contributed by atoms with Crippen molar-refractivity contribution >= 4 is 5.82 Å². The van der Waals surface area contributed by atoms with Gasteiger partial charge in [-0.3, -0.25) is 4.79 Å². The number of anilines is 1. The van der Waals surface area contributed by atoms with Crippen LogP contribution in [0.25, 0.3) is 0 Å².